The van der Waals surface area contributed by atoms with Gasteiger partial charge in [0, 0.05) is 5.41 Å². The van der Waals surface area contributed by atoms with Crippen LogP contribution >= 0.6 is 0 Å². The first kappa shape index (κ1) is 13.1. The zero-order valence-corrected chi connectivity index (χ0v) is 11.5. The highest BCUT2D eigenvalue weighted by Gasteiger charge is 2.47. The number of aliphatic carboxylic acids is 1. The Bertz CT molecular complexity index is 456. The number of benzene rings is 1. The van der Waals surface area contributed by atoms with E-state index in [1.54, 1.807) is 0 Å². The van der Waals surface area contributed by atoms with Gasteiger partial charge in [-0.05, 0) is 41.9 Å². The topological polar surface area (TPSA) is 37.3 Å². The number of carbonyl (C=O) groups is 1. The van der Waals surface area contributed by atoms with Crippen LogP contribution in [0.15, 0.2) is 18.2 Å². The lowest BCUT2D eigenvalue weighted by atomic mass is 9.83. The van der Waals surface area contributed by atoms with Crippen molar-refractivity contribution in [2.24, 2.45) is 0 Å². The normalized spacial score (nSPS) is 16.9. The van der Waals surface area contributed by atoms with Crippen molar-refractivity contribution < 1.29 is 9.90 Å². The Morgan fingerprint density at radius 1 is 1.39 bits per heavy atom. The zero-order valence-electron chi connectivity index (χ0n) is 11.5. The Morgan fingerprint density at radius 2 is 2.06 bits per heavy atom. The SMILES string of the molecule is CCc1ccc(C(C)C)c(C2(CC(=O)O)CC2)c1. The van der Waals surface area contributed by atoms with E-state index >= 15 is 0 Å². The number of hydrogen-bond acceptors (Lipinski definition) is 1. The van der Waals surface area contributed by atoms with Gasteiger partial charge < -0.3 is 5.11 Å². The molecule has 1 aromatic rings. The minimum atomic E-state index is -0.677. The highest BCUT2D eigenvalue weighted by molar-refractivity contribution is 5.70. The lowest BCUT2D eigenvalue weighted by Crippen LogP contribution is -2.16. The Kier molecular flexibility index (Phi) is 3.47. The van der Waals surface area contributed by atoms with Crippen molar-refractivity contribution >= 4 is 5.97 Å². The van der Waals surface area contributed by atoms with Crippen molar-refractivity contribution in [2.45, 2.75) is 57.8 Å². The van der Waals surface area contributed by atoms with Gasteiger partial charge in [0.05, 0.1) is 6.42 Å². The van der Waals surface area contributed by atoms with Gasteiger partial charge in [0.2, 0.25) is 0 Å². The minimum Gasteiger partial charge on any atom is -0.481 e. The van der Waals surface area contributed by atoms with Gasteiger partial charge in [-0.25, -0.2) is 0 Å². The van der Waals surface area contributed by atoms with Gasteiger partial charge in [0.15, 0.2) is 0 Å². The first-order chi connectivity index (χ1) is 8.48. The molecule has 2 rings (SSSR count). The highest BCUT2D eigenvalue weighted by atomic mass is 16.4. The number of aryl methyl sites for hydroxylation is 1. The number of carboxylic acids is 1. The molecule has 0 aliphatic heterocycles. The molecule has 1 aliphatic carbocycles. The van der Waals surface area contributed by atoms with Gasteiger partial charge in [-0.2, -0.15) is 0 Å². The molecule has 1 N–H and O–H groups in total. The van der Waals surface area contributed by atoms with Gasteiger partial charge in [0.25, 0.3) is 0 Å². The van der Waals surface area contributed by atoms with Crippen LogP contribution in [0.1, 0.15) is 62.6 Å². The van der Waals surface area contributed by atoms with Crippen LogP contribution in [0.5, 0.6) is 0 Å². The second-order valence-electron chi connectivity index (χ2n) is 5.78. The minimum absolute atomic E-state index is 0.0728. The maximum absolute atomic E-state index is 11.1. The molecule has 18 heavy (non-hydrogen) atoms. The van der Waals surface area contributed by atoms with Crippen molar-refractivity contribution in [1.29, 1.82) is 0 Å². The fourth-order valence-corrected chi connectivity index (χ4v) is 2.77. The quantitative estimate of drug-likeness (QED) is 0.856. The number of carboxylic acid groups (broad SMARTS) is 1. The Balaban J connectivity index is 2.44. The molecule has 1 saturated carbocycles. The smallest absolute Gasteiger partial charge is 0.304 e. The number of hydrogen-bond donors (Lipinski definition) is 1. The van der Waals surface area contributed by atoms with Crippen molar-refractivity contribution in [2.75, 3.05) is 0 Å². The summed E-state index contributed by atoms with van der Waals surface area (Å²) in [5.74, 6) is -0.221. The largest absolute Gasteiger partial charge is 0.481 e. The maximum atomic E-state index is 11.1. The van der Waals surface area contributed by atoms with Crippen molar-refractivity contribution in [3.8, 4) is 0 Å². The monoisotopic (exact) mass is 246 g/mol. The van der Waals surface area contributed by atoms with Gasteiger partial charge in [-0.15, -0.1) is 0 Å². The van der Waals surface area contributed by atoms with Gasteiger partial charge in [-0.3, -0.25) is 4.79 Å². The molecule has 0 radical (unpaired) electrons. The summed E-state index contributed by atoms with van der Waals surface area (Å²) in [5.41, 5.74) is 3.85. The summed E-state index contributed by atoms with van der Waals surface area (Å²) in [6, 6.07) is 6.61. The molecule has 2 nitrogen and oxygen atoms in total. The summed E-state index contributed by atoms with van der Waals surface area (Å²) in [6.45, 7) is 6.51. The molecular weight excluding hydrogens is 224 g/mol. The molecule has 98 valence electrons. The second kappa shape index (κ2) is 4.75. The van der Waals surface area contributed by atoms with E-state index in [1.165, 1.54) is 16.7 Å². The molecule has 0 bridgehead atoms. The van der Waals surface area contributed by atoms with E-state index in [9.17, 15) is 4.79 Å². The fraction of sp³-hybridized carbons (Fsp3) is 0.562. The molecule has 1 aliphatic rings. The second-order valence-corrected chi connectivity index (χ2v) is 5.78. The standard InChI is InChI=1S/C16H22O2/c1-4-12-5-6-13(11(2)3)14(9-12)16(7-8-16)10-15(17)18/h5-6,9,11H,4,7-8,10H2,1-3H3,(H,17,18). The lowest BCUT2D eigenvalue weighted by molar-refractivity contribution is -0.137. The average Bonchev–Trinajstić information content (AvgIpc) is 3.08. The molecule has 0 atom stereocenters. The van der Waals surface area contributed by atoms with Gasteiger partial charge in [0.1, 0.15) is 0 Å². The lowest BCUT2D eigenvalue weighted by Gasteiger charge is -2.21. The van der Waals surface area contributed by atoms with Crippen LogP contribution < -0.4 is 0 Å². The van der Waals surface area contributed by atoms with Crippen LogP contribution in [0.25, 0.3) is 0 Å². The highest BCUT2D eigenvalue weighted by Crippen LogP contribution is 2.53. The summed E-state index contributed by atoms with van der Waals surface area (Å²) >= 11 is 0. The van der Waals surface area contributed by atoms with E-state index < -0.39 is 5.97 Å². The van der Waals surface area contributed by atoms with Crippen LogP contribution in [0.2, 0.25) is 0 Å². The summed E-state index contributed by atoms with van der Waals surface area (Å²) in [6.07, 6.45) is 3.33. The van der Waals surface area contributed by atoms with Gasteiger partial charge >= 0.3 is 5.97 Å². The first-order valence-corrected chi connectivity index (χ1v) is 6.83. The third-order valence-electron chi connectivity index (χ3n) is 4.06. The molecule has 0 saturated heterocycles. The van der Waals surface area contributed by atoms with E-state index in [-0.39, 0.29) is 11.8 Å². The molecule has 0 heterocycles. The maximum Gasteiger partial charge on any atom is 0.304 e. The van der Waals surface area contributed by atoms with E-state index in [0.29, 0.717) is 5.92 Å². The third kappa shape index (κ3) is 2.43. The van der Waals surface area contributed by atoms with Crippen LogP contribution in [0.3, 0.4) is 0 Å². The Hall–Kier alpha value is -1.31. The molecule has 1 aromatic carbocycles. The predicted molar refractivity (Wildman–Crippen MR) is 73.1 cm³/mol. The molecule has 0 unspecified atom stereocenters. The van der Waals surface area contributed by atoms with Crippen LogP contribution in [0, 0.1) is 0 Å². The number of rotatable bonds is 5. The Labute approximate surface area is 109 Å². The summed E-state index contributed by atoms with van der Waals surface area (Å²) in [5, 5.41) is 9.11. The average molecular weight is 246 g/mol. The zero-order chi connectivity index (χ0) is 13.3. The summed E-state index contributed by atoms with van der Waals surface area (Å²) in [7, 11) is 0. The molecule has 1 fully saturated rings. The van der Waals surface area contributed by atoms with Crippen molar-refractivity contribution in [3.05, 3.63) is 34.9 Å². The van der Waals surface area contributed by atoms with E-state index in [0.717, 1.165) is 19.3 Å². The molecule has 0 aromatic heterocycles. The predicted octanol–water partition coefficient (Wildman–Crippen LogP) is 3.88. The van der Waals surface area contributed by atoms with Crippen molar-refractivity contribution in [3.63, 3.8) is 0 Å². The fourth-order valence-electron chi connectivity index (χ4n) is 2.77. The molecule has 2 heteroatoms. The summed E-state index contributed by atoms with van der Waals surface area (Å²) in [4.78, 5) is 11.1. The van der Waals surface area contributed by atoms with Crippen LogP contribution in [0.4, 0.5) is 0 Å². The van der Waals surface area contributed by atoms with Crippen LogP contribution in [-0.2, 0) is 16.6 Å². The molecule has 0 amide bonds. The van der Waals surface area contributed by atoms with E-state index in [1.807, 2.05) is 0 Å². The van der Waals surface area contributed by atoms with Crippen molar-refractivity contribution in [1.82, 2.24) is 0 Å². The Morgan fingerprint density at radius 3 is 2.50 bits per heavy atom. The van der Waals surface area contributed by atoms with Gasteiger partial charge in [-0.1, -0.05) is 39.0 Å². The molecular formula is C16H22O2. The van der Waals surface area contributed by atoms with E-state index in [2.05, 4.69) is 39.0 Å². The third-order valence-corrected chi connectivity index (χ3v) is 4.06. The summed E-state index contributed by atoms with van der Waals surface area (Å²) < 4.78 is 0. The first-order valence-electron chi connectivity index (χ1n) is 6.83. The van der Waals surface area contributed by atoms with E-state index in [4.69, 9.17) is 5.11 Å². The molecule has 0 spiro atoms. The van der Waals surface area contributed by atoms with Crippen LogP contribution in [-0.4, -0.2) is 11.1 Å².